The molecule has 2 fully saturated rings. The van der Waals surface area contributed by atoms with Gasteiger partial charge in [0.1, 0.15) is 5.75 Å². The van der Waals surface area contributed by atoms with Crippen molar-refractivity contribution in [1.29, 1.82) is 0 Å². The molecule has 1 aromatic rings. The number of ether oxygens (including phenoxy) is 1. The molecule has 2 heterocycles. The van der Waals surface area contributed by atoms with Crippen molar-refractivity contribution in [3.8, 4) is 5.75 Å². The normalized spacial score (nSPS) is 23.4. The molecule has 0 bridgehead atoms. The Morgan fingerprint density at radius 3 is 2.56 bits per heavy atom. The predicted octanol–water partition coefficient (Wildman–Crippen LogP) is 1.04. The third-order valence-corrected chi connectivity index (χ3v) is 7.15. The fourth-order valence-corrected chi connectivity index (χ4v) is 4.89. The highest BCUT2D eigenvalue weighted by molar-refractivity contribution is 7.89. The number of carbonyl (C=O) groups is 2. The number of benzene rings is 1. The van der Waals surface area contributed by atoms with Crippen LogP contribution >= 0.6 is 0 Å². The van der Waals surface area contributed by atoms with E-state index in [-0.39, 0.29) is 35.7 Å². The van der Waals surface area contributed by atoms with E-state index in [0.29, 0.717) is 30.9 Å². The number of piperazine rings is 1. The van der Waals surface area contributed by atoms with E-state index in [1.807, 2.05) is 6.92 Å². The molecule has 0 spiro atoms. The average Bonchev–Trinajstić information content (AvgIpc) is 3.51. The van der Waals surface area contributed by atoms with E-state index in [0.717, 1.165) is 12.8 Å². The van der Waals surface area contributed by atoms with E-state index in [1.54, 1.807) is 11.0 Å². The minimum absolute atomic E-state index is 0.113. The summed E-state index contributed by atoms with van der Waals surface area (Å²) < 4.78 is 32.9. The van der Waals surface area contributed by atoms with E-state index in [9.17, 15) is 18.0 Å². The van der Waals surface area contributed by atoms with Crippen molar-refractivity contribution in [3.63, 3.8) is 0 Å². The van der Waals surface area contributed by atoms with Gasteiger partial charge in [-0.25, -0.2) is 8.42 Å². The highest BCUT2D eigenvalue weighted by Crippen LogP contribution is 2.34. The van der Waals surface area contributed by atoms with Crippen molar-refractivity contribution < 1.29 is 22.7 Å². The van der Waals surface area contributed by atoms with Crippen LogP contribution in [0.15, 0.2) is 23.1 Å². The Labute approximate surface area is 158 Å². The maximum Gasteiger partial charge on any atom is 0.265 e. The molecule has 27 heavy (non-hydrogen) atoms. The highest BCUT2D eigenvalue weighted by atomic mass is 32.2. The molecule has 4 rings (SSSR count). The zero-order valence-corrected chi connectivity index (χ0v) is 16.0. The summed E-state index contributed by atoms with van der Waals surface area (Å²) in [6, 6.07) is 4.52. The van der Waals surface area contributed by atoms with Gasteiger partial charge in [0, 0.05) is 32.1 Å². The van der Waals surface area contributed by atoms with Crippen LogP contribution in [0.2, 0.25) is 0 Å². The Bertz CT molecular complexity index is 873. The maximum atomic E-state index is 13.0. The molecular weight excluding hydrogens is 370 g/mol. The summed E-state index contributed by atoms with van der Waals surface area (Å²) in [5, 5.41) is 2.72. The SMILES string of the molecule is CC[C@@H]1Oc2ccc(S(=O)(=O)N3CCN(C(=O)C4CC4)CC3)cc2NC1=O. The molecule has 3 aliphatic rings. The van der Waals surface area contributed by atoms with Gasteiger partial charge in [0.2, 0.25) is 15.9 Å². The van der Waals surface area contributed by atoms with Crippen molar-refractivity contribution in [2.45, 2.75) is 37.2 Å². The molecule has 1 atom stereocenters. The van der Waals surface area contributed by atoms with Crippen LogP contribution in [0, 0.1) is 5.92 Å². The lowest BCUT2D eigenvalue weighted by molar-refractivity contribution is -0.133. The molecule has 1 aromatic carbocycles. The second kappa shape index (κ2) is 6.79. The number of nitrogens with one attached hydrogen (secondary N) is 1. The lowest BCUT2D eigenvalue weighted by Gasteiger charge is -2.34. The predicted molar refractivity (Wildman–Crippen MR) is 97.8 cm³/mol. The lowest BCUT2D eigenvalue weighted by Crippen LogP contribution is -2.50. The number of hydrogen-bond donors (Lipinski definition) is 1. The fraction of sp³-hybridized carbons (Fsp3) is 0.556. The molecule has 0 aromatic heterocycles. The smallest absolute Gasteiger partial charge is 0.265 e. The highest BCUT2D eigenvalue weighted by Gasteiger charge is 2.37. The molecule has 1 saturated heterocycles. The quantitative estimate of drug-likeness (QED) is 0.825. The molecule has 2 aliphatic heterocycles. The van der Waals surface area contributed by atoms with Crippen LogP contribution in [0.4, 0.5) is 5.69 Å². The monoisotopic (exact) mass is 393 g/mol. The largest absolute Gasteiger partial charge is 0.478 e. The lowest BCUT2D eigenvalue weighted by atomic mass is 10.2. The van der Waals surface area contributed by atoms with Gasteiger partial charge < -0.3 is 15.0 Å². The molecule has 0 unspecified atom stereocenters. The second-order valence-corrected chi connectivity index (χ2v) is 9.10. The number of nitrogens with zero attached hydrogens (tertiary/aromatic N) is 2. The number of rotatable bonds is 4. The van der Waals surface area contributed by atoms with Crippen molar-refractivity contribution in [3.05, 3.63) is 18.2 Å². The first-order valence-electron chi connectivity index (χ1n) is 9.30. The van der Waals surface area contributed by atoms with Gasteiger partial charge in [0.15, 0.2) is 6.10 Å². The number of amides is 2. The first-order valence-corrected chi connectivity index (χ1v) is 10.7. The van der Waals surface area contributed by atoms with Gasteiger partial charge in [0.25, 0.3) is 5.91 Å². The Morgan fingerprint density at radius 2 is 1.93 bits per heavy atom. The topological polar surface area (TPSA) is 96.0 Å². The number of fused-ring (bicyclic) bond motifs is 1. The van der Waals surface area contributed by atoms with Gasteiger partial charge in [0.05, 0.1) is 10.6 Å². The first kappa shape index (κ1) is 18.2. The molecule has 8 nitrogen and oxygen atoms in total. The number of sulfonamides is 1. The van der Waals surface area contributed by atoms with Crippen LogP contribution < -0.4 is 10.1 Å². The van der Waals surface area contributed by atoms with Crippen LogP contribution in [0.5, 0.6) is 5.75 Å². The summed E-state index contributed by atoms with van der Waals surface area (Å²) in [5.41, 5.74) is 0.369. The maximum absolute atomic E-state index is 13.0. The Kier molecular flexibility index (Phi) is 4.59. The molecule has 2 amide bonds. The minimum atomic E-state index is -3.70. The van der Waals surface area contributed by atoms with Crippen molar-refractivity contribution >= 4 is 27.5 Å². The van der Waals surface area contributed by atoms with Crippen molar-refractivity contribution in [2.24, 2.45) is 5.92 Å². The van der Waals surface area contributed by atoms with Crippen LogP contribution in [0.25, 0.3) is 0 Å². The second-order valence-electron chi connectivity index (χ2n) is 7.17. The third kappa shape index (κ3) is 3.41. The molecule has 1 aliphatic carbocycles. The van der Waals surface area contributed by atoms with E-state index >= 15 is 0 Å². The van der Waals surface area contributed by atoms with Gasteiger partial charge in [-0.2, -0.15) is 4.31 Å². The standard InChI is InChI=1S/C18H23N3O5S/c1-2-15-17(22)19-14-11-13(5-6-16(14)26-15)27(24,25)21-9-7-20(8-10-21)18(23)12-3-4-12/h5-6,11-12,15H,2-4,7-10H2,1H3,(H,19,22)/t15-/m0/s1. The van der Waals surface area contributed by atoms with E-state index in [2.05, 4.69) is 5.32 Å². The minimum Gasteiger partial charge on any atom is -0.478 e. The van der Waals surface area contributed by atoms with Crippen LogP contribution in [-0.4, -0.2) is 61.7 Å². The molecule has 146 valence electrons. The number of anilines is 1. The number of carbonyl (C=O) groups excluding carboxylic acids is 2. The summed E-state index contributed by atoms with van der Waals surface area (Å²) in [5.74, 6) is 0.488. The fourth-order valence-electron chi connectivity index (χ4n) is 3.45. The summed E-state index contributed by atoms with van der Waals surface area (Å²) in [6.07, 6.45) is 1.87. The Balaban J connectivity index is 1.49. The molecule has 1 N–H and O–H groups in total. The van der Waals surface area contributed by atoms with Gasteiger partial charge in [-0.15, -0.1) is 0 Å². The summed E-state index contributed by atoms with van der Waals surface area (Å²) in [6.45, 7) is 3.23. The van der Waals surface area contributed by atoms with Gasteiger partial charge in [-0.3, -0.25) is 9.59 Å². The van der Waals surface area contributed by atoms with Gasteiger partial charge in [-0.05, 0) is 37.5 Å². The Morgan fingerprint density at radius 1 is 1.22 bits per heavy atom. The number of hydrogen-bond acceptors (Lipinski definition) is 5. The summed E-state index contributed by atoms with van der Waals surface area (Å²) >= 11 is 0. The van der Waals surface area contributed by atoms with Crippen LogP contribution in [-0.2, 0) is 19.6 Å². The van der Waals surface area contributed by atoms with Crippen molar-refractivity contribution in [2.75, 3.05) is 31.5 Å². The zero-order chi connectivity index (χ0) is 19.2. The van der Waals surface area contributed by atoms with Gasteiger partial charge >= 0.3 is 0 Å². The zero-order valence-electron chi connectivity index (χ0n) is 15.2. The molecule has 0 radical (unpaired) electrons. The van der Waals surface area contributed by atoms with Crippen LogP contribution in [0.3, 0.4) is 0 Å². The van der Waals surface area contributed by atoms with E-state index < -0.39 is 16.1 Å². The van der Waals surface area contributed by atoms with E-state index in [4.69, 9.17) is 4.74 Å². The average molecular weight is 393 g/mol. The van der Waals surface area contributed by atoms with Crippen LogP contribution in [0.1, 0.15) is 26.2 Å². The molecule has 9 heteroatoms. The summed E-state index contributed by atoms with van der Waals surface area (Å²) in [4.78, 5) is 26.0. The van der Waals surface area contributed by atoms with Gasteiger partial charge in [-0.1, -0.05) is 6.92 Å². The Hall–Kier alpha value is -2.13. The third-order valence-electron chi connectivity index (χ3n) is 5.26. The first-order chi connectivity index (χ1) is 12.9. The van der Waals surface area contributed by atoms with Crippen molar-refractivity contribution in [1.82, 2.24) is 9.21 Å². The van der Waals surface area contributed by atoms with E-state index in [1.165, 1.54) is 16.4 Å². The molecule has 1 saturated carbocycles. The molecular formula is C18H23N3O5S. The summed E-state index contributed by atoms with van der Waals surface area (Å²) in [7, 11) is -3.70.